The van der Waals surface area contributed by atoms with Crippen molar-refractivity contribution in [2.24, 2.45) is 0 Å². The summed E-state index contributed by atoms with van der Waals surface area (Å²) in [6, 6.07) is 22.8. The summed E-state index contributed by atoms with van der Waals surface area (Å²) in [7, 11) is -2.74. The number of benzene rings is 3. The minimum Gasteiger partial charge on any atom is -1.00 e. The summed E-state index contributed by atoms with van der Waals surface area (Å²) in [6.45, 7) is 23.4. The average molecular weight is 702 g/mol. The maximum absolute atomic E-state index is 4.20. The molecule has 0 bridgehead atoms. The molecule has 0 aliphatic heterocycles. The Balaban J connectivity index is 0.00000462. The van der Waals surface area contributed by atoms with Crippen LogP contribution < -0.4 is 52.8 Å². The first-order valence-corrected chi connectivity index (χ1v) is 17.8. The van der Waals surface area contributed by atoms with Crippen LogP contribution in [0.25, 0.3) is 0 Å². The predicted molar refractivity (Wildman–Crippen MR) is 179 cm³/mol. The van der Waals surface area contributed by atoms with Gasteiger partial charge in [-0.05, 0) is 87.5 Å². The van der Waals surface area contributed by atoms with E-state index in [1.54, 1.807) is 15.6 Å². The Morgan fingerprint density at radius 1 is 0.500 bits per heavy atom. The van der Waals surface area contributed by atoms with Gasteiger partial charge in [-0.15, -0.1) is 6.92 Å². The third kappa shape index (κ3) is 7.56. The van der Waals surface area contributed by atoms with Crippen molar-refractivity contribution in [1.29, 1.82) is 0 Å². The quantitative estimate of drug-likeness (QED) is 0.151. The molecule has 0 amide bonds. The van der Waals surface area contributed by atoms with Crippen LogP contribution in [0.5, 0.6) is 0 Å². The van der Waals surface area contributed by atoms with Crippen molar-refractivity contribution in [2.45, 2.75) is 113 Å². The zero-order valence-electron chi connectivity index (χ0n) is 28.6. The largest absolute Gasteiger partial charge is 4.00 e. The number of rotatable bonds is 10. The molecular weight excluding hydrogens is 651 g/mol. The Labute approximate surface area is 304 Å². The maximum atomic E-state index is 4.20. The Bertz CT molecular complexity index is 1270. The molecule has 0 nitrogen and oxygen atoms in total. The van der Waals surface area contributed by atoms with E-state index in [9.17, 15) is 0 Å². The van der Waals surface area contributed by atoms with Gasteiger partial charge in [-0.25, -0.2) is 5.57 Å². The topological polar surface area (TPSA) is 0 Å². The minimum atomic E-state index is -2.74. The van der Waals surface area contributed by atoms with Crippen LogP contribution >= 0.6 is 0 Å². The second-order valence-corrected chi connectivity index (χ2v) is 16.3. The monoisotopic (exact) mass is 700 g/mol. The van der Waals surface area contributed by atoms with Crippen LogP contribution in [0.2, 0.25) is 5.04 Å². The van der Waals surface area contributed by atoms with Crippen molar-refractivity contribution in [1.82, 2.24) is 0 Å². The second-order valence-electron chi connectivity index (χ2n) is 12.1. The zero-order chi connectivity index (χ0) is 29.2. The Morgan fingerprint density at radius 2 is 0.750 bits per heavy atom. The van der Waals surface area contributed by atoms with E-state index in [1.807, 2.05) is 0 Å². The summed E-state index contributed by atoms with van der Waals surface area (Å²) in [5.41, 5.74) is 13.0. The van der Waals surface area contributed by atoms with Crippen molar-refractivity contribution in [2.75, 3.05) is 0 Å². The average Bonchev–Trinajstić information content (AvgIpc) is 3.19. The van der Waals surface area contributed by atoms with Crippen LogP contribution in [-0.4, -0.2) is 8.07 Å². The van der Waals surface area contributed by atoms with E-state index in [2.05, 4.69) is 130 Å². The van der Waals surface area contributed by atoms with E-state index >= 15 is 0 Å². The zero-order valence-corrected chi connectivity index (χ0v) is 33.4. The molecule has 1 aliphatic carbocycles. The SMILES string of the molecule is CCc1cc(CC)cc([Si](c2cc(CC)cc(CC)c2)(c2cc(CC)cc(CC)c2)C2(C)[C-]=C(C)C(C)=C2C)c1.[Cl-].[Cl-].[Cl-].[Ti+4]. The van der Waals surface area contributed by atoms with E-state index in [0.29, 0.717) is 0 Å². The molecule has 3 aromatic rings. The number of hydrogen-bond acceptors (Lipinski definition) is 0. The molecule has 0 saturated carbocycles. The first kappa shape index (κ1) is 42.9. The molecule has 0 aromatic heterocycles. The maximum Gasteiger partial charge on any atom is 4.00 e. The molecule has 0 fully saturated rings. The second kappa shape index (κ2) is 17.7. The number of hydrogen-bond donors (Lipinski definition) is 0. The molecular formula is C39H51Cl3SiTi. The Hall–Kier alpha value is -1.06. The van der Waals surface area contributed by atoms with Gasteiger partial charge in [0.25, 0.3) is 0 Å². The van der Waals surface area contributed by atoms with Crippen molar-refractivity contribution < 1.29 is 58.9 Å². The van der Waals surface area contributed by atoms with Crippen LogP contribution in [0.4, 0.5) is 0 Å². The van der Waals surface area contributed by atoms with Crippen molar-refractivity contribution in [3.63, 3.8) is 0 Å². The van der Waals surface area contributed by atoms with Crippen molar-refractivity contribution in [3.05, 3.63) is 111 Å². The van der Waals surface area contributed by atoms with Gasteiger partial charge in [0.2, 0.25) is 0 Å². The van der Waals surface area contributed by atoms with E-state index in [0.717, 1.165) is 38.5 Å². The normalized spacial score (nSPS) is 15.9. The fourth-order valence-corrected chi connectivity index (χ4v) is 13.4. The number of aryl methyl sites for hydroxylation is 6. The van der Waals surface area contributed by atoms with Gasteiger partial charge >= 0.3 is 21.7 Å². The first-order valence-electron chi connectivity index (χ1n) is 15.8. The molecule has 44 heavy (non-hydrogen) atoms. The number of halogens is 3. The molecule has 5 heteroatoms. The molecule has 236 valence electrons. The fourth-order valence-electron chi connectivity index (χ4n) is 7.12. The smallest absolute Gasteiger partial charge is 1.00 e. The molecule has 0 spiro atoms. The van der Waals surface area contributed by atoms with Crippen LogP contribution in [0, 0.1) is 6.08 Å². The molecule has 1 unspecified atom stereocenters. The minimum absolute atomic E-state index is 0. The fraction of sp³-hybridized carbons (Fsp3) is 0.436. The van der Waals surface area contributed by atoms with E-state index in [-0.39, 0.29) is 64.0 Å². The van der Waals surface area contributed by atoms with Gasteiger partial charge in [-0.1, -0.05) is 122 Å². The van der Waals surface area contributed by atoms with Gasteiger partial charge in [0, 0.05) is 0 Å². The predicted octanol–water partition coefficient (Wildman–Crippen LogP) is -0.600. The van der Waals surface area contributed by atoms with E-state index in [4.69, 9.17) is 0 Å². The standard InChI is InChI=1S/C39H51Si.3ClH.Ti/c1-11-30-17-31(12-2)21-36(20-30)40(39(10)26-27(7)28(8)29(39)9,37-22-32(13-3)18-33(14-4)23-37)38-24-34(15-5)19-35(16-6)25-38;;;;/h17-25H,11-16H2,1-10H3;3*1H;/q-1;;;;+4/p-3. The van der Waals surface area contributed by atoms with Gasteiger partial charge in [0.1, 0.15) is 8.07 Å². The summed E-state index contributed by atoms with van der Waals surface area (Å²) in [6.07, 6.45) is 10.5. The number of allylic oxidation sites excluding steroid dienone is 4. The summed E-state index contributed by atoms with van der Waals surface area (Å²) < 4.78 is 0. The molecule has 1 atom stereocenters. The van der Waals surface area contributed by atoms with Gasteiger partial charge in [0.05, 0.1) is 0 Å². The Kier molecular flexibility index (Phi) is 17.3. The first-order chi connectivity index (χ1) is 19.1. The van der Waals surface area contributed by atoms with Crippen LogP contribution in [0.15, 0.2) is 71.3 Å². The summed E-state index contributed by atoms with van der Waals surface area (Å²) in [5, 5.41) is 4.44. The van der Waals surface area contributed by atoms with Gasteiger partial charge in [-0.3, -0.25) is 6.08 Å². The molecule has 0 heterocycles. The van der Waals surface area contributed by atoms with Gasteiger partial charge < -0.3 is 37.2 Å². The summed E-state index contributed by atoms with van der Waals surface area (Å²) in [5.74, 6) is 0. The summed E-state index contributed by atoms with van der Waals surface area (Å²) >= 11 is 0. The van der Waals surface area contributed by atoms with Crippen LogP contribution in [-0.2, 0) is 60.2 Å². The van der Waals surface area contributed by atoms with E-state index < -0.39 is 8.07 Å². The van der Waals surface area contributed by atoms with Crippen LogP contribution in [0.3, 0.4) is 0 Å². The van der Waals surface area contributed by atoms with Crippen LogP contribution in [0.1, 0.15) is 103 Å². The van der Waals surface area contributed by atoms with E-state index in [1.165, 1.54) is 50.1 Å². The molecule has 0 radical (unpaired) electrons. The molecule has 0 N–H and O–H groups in total. The molecule has 1 aliphatic rings. The molecule has 4 rings (SSSR count). The van der Waals surface area contributed by atoms with Crippen molar-refractivity contribution in [3.8, 4) is 0 Å². The third-order valence-electron chi connectivity index (χ3n) is 9.97. The molecule has 0 saturated heterocycles. The van der Waals surface area contributed by atoms with Gasteiger partial charge in [-0.2, -0.15) is 11.1 Å². The van der Waals surface area contributed by atoms with Gasteiger partial charge in [0.15, 0.2) is 0 Å². The van der Waals surface area contributed by atoms with Crippen molar-refractivity contribution >= 4 is 23.6 Å². The third-order valence-corrected chi connectivity index (χ3v) is 15.4. The molecule has 3 aromatic carbocycles. The summed E-state index contributed by atoms with van der Waals surface area (Å²) in [4.78, 5) is 0. The Morgan fingerprint density at radius 3 is 0.932 bits per heavy atom.